The first kappa shape index (κ1) is 12.1. The van der Waals surface area contributed by atoms with Crippen LogP contribution in [0, 0.1) is 12.3 Å². The Labute approximate surface area is 105 Å². The van der Waals surface area contributed by atoms with Crippen molar-refractivity contribution in [1.82, 2.24) is 5.06 Å². The highest BCUT2D eigenvalue weighted by Crippen LogP contribution is 2.22. The lowest BCUT2D eigenvalue weighted by Crippen LogP contribution is -2.30. The fourth-order valence-corrected chi connectivity index (χ4v) is 1.58. The maximum Gasteiger partial charge on any atom is 0.285 e. The van der Waals surface area contributed by atoms with E-state index in [4.69, 9.17) is 11.3 Å². The van der Waals surface area contributed by atoms with E-state index >= 15 is 0 Å². The average molecular weight is 241 g/mol. The van der Waals surface area contributed by atoms with Crippen molar-refractivity contribution in [2.24, 2.45) is 0 Å². The quantitative estimate of drug-likeness (QED) is 0.598. The number of carbonyl (C=O) groups excluding carboxylic acids is 2. The minimum Gasteiger partial charge on any atom is -0.266 e. The van der Waals surface area contributed by atoms with Crippen LogP contribution in [0.4, 0.5) is 0 Å². The molecule has 0 aromatic heterocycles. The molecule has 0 atom stereocenters. The minimum atomic E-state index is -0.442. The van der Waals surface area contributed by atoms with Gasteiger partial charge in [-0.05, 0) is 30.7 Å². The van der Waals surface area contributed by atoms with E-state index in [1.165, 1.54) is 0 Å². The molecule has 1 aliphatic rings. The van der Waals surface area contributed by atoms with Crippen LogP contribution in [0.2, 0.25) is 0 Å². The number of hydrogen-bond acceptors (Lipinski definition) is 3. The van der Waals surface area contributed by atoms with Gasteiger partial charge in [-0.3, -0.25) is 14.4 Å². The van der Waals surface area contributed by atoms with Crippen LogP contribution >= 0.6 is 0 Å². The molecule has 2 rings (SSSR count). The lowest BCUT2D eigenvalue weighted by molar-refractivity contribution is -0.0802. The summed E-state index contributed by atoms with van der Waals surface area (Å²) in [5.41, 5.74) is 1.41. The van der Waals surface area contributed by atoms with Crippen LogP contribution < -0.4 is 0 Å². The maximum atomic E-state index is 11.9. The second kappa shape index (κ2) is 4.86. The molecule has 0 spiro atoms. The van der Waals surface area contributed by atoms with E-state index in [-0.39, 0.29) is 6.61 Å². The van der Waals surface area contributed by atoms with Crippen molar-refractivity contribution >= 4 is 11.8 Å². The molecule has 0 fully saturated rings. The molecule has 1 heterocycles. The summed E-state index contributed by atoms with van der Waals surface area (Å²) in [5.74, 6) is 1.54. The zero-order valence-electron chi connectivity index (χ0n) is 9.84. The Balaban J connectivity index is 2.13. The van der Waals surface area contributed by atoms with Crippen LogP contribution in [-0.2, 0) is 4.84 Å². The first-order valence-electron chi connectivity index (χ1n) is 5.39. The summed E-state index contributed by atoms with van der Waals surface area (Å²) in [6.07, 6.45) is 6.80. The van der Waals surface area contributed by atoms with E-state index in [1.54, 1.807) is 37.3 Å². The zero-order valence-corrected chi connectivity index (χ0v) is 9.84. The van der Waals surface area contributed by atoms with E-state index in [1.807, 2.05) is 0 Å². The molecule has 0 N–H and O–H groups in total. The number of imide groups is 1. The van der Waals surface area contributed by atoms with Crippen LogP contribution in [0.1, 0.15) is 27.6 Å². The second-order valence-electron chi connectivity index (χ2n) is 3.78. The summed E-state index contributed by atoms with van der Waals surface area (Å²) in [6.45, 7) is 1.83. The molecule has 4 heteroatoms. The third-order valence-corrected chi connectivity index (χ3v) is 2.58. The van der Waals surface area contributed by atoms with Gasteiger partial charge >= 0.3 is 0 Å². The number of carbonyl (C=O) groups is 2. The summed E-state index contributed by atoms with van der Waals surface area (Å²) in [6, 6.07) is 6.61. The largest absolute Gasteiger partial charge is 0.285 e. The number of hydrogen-bond donors (Lipinski definition) is 0. The second-order valence-corrected chi connectivity index (χ2v) is 3.78. The topological polar surface area (TPSA) is 46.6 Å². The fraction of sp³-hybridized carbons (Fsp3) is 0.143. The number of amides is 2. The monoisotopic (exact) mass is 241 g/mol. The molecule has 1 aromatic rings. The molecule has 2 amide bonds. The third kappa shape index (κ3) is 2.04. The number of hydroxylamine groups is 2. The summed E-state index contributed by atoms with van der Waals surface area (Å²) in [7, 11) is 0. The number of nitrogens with zero attached hydrogens (tertiary/aromatic N) is 1. The molecule has 0 saturated heterocycles. The van der Waals surface area contributed by atoms with E-state index in [0.29, 0.717) is 16.7 Å². The first-order valence-corrected chi connectivity index (χ1v) is 5.39. The standard InChI is InChI=1S/C14H11NO3/c1-3-10(2)8-9-18-15-13(16)11-6-4-5-7-12(11)14(15)17/h1,4-8H,9H2,2H3. The van der Waals surface area contributed by atoms with Gasteiger partial charge in [0.15, 0.2) is 0 Å². The van der Waals surface area contributed by atoms with E-state index in [0.717, 1.165) is 5.06 Å². The van der Waals surface area contributed by atoms with E-state index in [9.17, 15) is 9.59 Å². The molecule has 1 aliphatic heterocycles. The van der Waals surface area contributed by atoms with Crippen LogP contribution in [0.5, 0.6) is 0 Å². The van der Waals surface area contributed by atoms with Gasteiger partial charge in [0.2, 0.25) is 0 Å². The van der Waals surface area contributed by atoms with Crippen LogP contribution in [-0.4, -0.2) is 23.5 Å². The molecule has 0 saturated carbocycles. The summed E-state index contributed by atoms with van der Waals surface area (Å²) < 4.78 is 0. The summed E-state index contributed by atoms with van der Waals surface area (Å²) >= 11 is 0. The Morgan fingerprint density at radius 1 is 1.33 bits per heavy atom. The summed E-state index contributed by atoms with van der Waals surface area (Å²) in [5, 5.41) is 0.769. The molecular weight excluding hydrogens is 230 g/mol. The van der Waals surface area contributed by atoms with Crippen molar-refractivity contribution < 1.29 is 14.4 Å². The van der Waals surface area contributed by atoms with E-state index < -0.39 is 11.8 Å². The number of rotatable bonds is 3. The van der Waals surface area contributed by atoms with Crippen molar-refractivity contribution in [3.8, 4) is 12.3 Å². The van der Waals surface area contributed by atoms with Crippen LogP contribution in [0.3, 0.4) is 0 Å². The number of allylic oxidation sites excluding steroid dienone is 1. The fourth-order valence-electron chi connectivity index (χ4n) is 1.58. The van der Waals surface area contributed by atoms with Gasteiger partial charge in [0, 0.05) is 0 Å². The minimum absolute atomic E-state index is 0.0848. The highest BCUT2D eigenvalue weighted by molar-refractivity contribution is 6.20. The zero-order chi connectivity index (χ0) is 13.1. The van der Waals surface area contributed by atoms with Gasteiger partial charge in [-0.2, -0.15) is 0 Å². The first-order chi connectivity index (χ1) is 8.65. The van der Waals surface area contributed by atoms with Crippen LogP contribution in [0.15, 0.2) is 35.9 Å². The van der Waals surface area contributed by atoms with Gasteiger partial charge in [0.1, 0.15) is 0 Å². The van der Waals surface area contributed by atoms with Gasteiger partial charge in [-0.25, -0.2) is 0 Å². The molecule has 1 aromatic carbocycles. The van der Waals surface area contributed by atoms with Gasteiger partial charge in [-0.1, -0.05) is 18.1 Å². The van der Waals surface area contributed by atoms with Crippen LogP contribution in [0.25, 0.3) is 0 Å². The van der Waals surface area contributed by atoms with Crippen molar-refractivity contribution in [2.75, 3.05) is 6.61 Å². The Morgan fingerprint density at radius 2 is 1.89 bits per heavy atom. The van der Waals surface area contributed by atoms with Crippen molar-refractivity contribution in [1.29, 1.82) is 0 Å². The van der Waals surface area contributed by atoms with Crippen molar-refractivity contribution in [3.63, 3.8) is 0 Å². The molecular formula is C14H11NO3. The molecule has 0 bridgehead atoms. The SMILES string of the molecule is C#CC(C)=CCON1C(=O)c2ccccc2C1=O. The Morgan fingerprint density at radius 3 is 2.39 bits per heavy atom. The molecule has 0 unspecified atom stereocenters. The van der Waals surface area contributed by atoms with Gasteiger partial charge in [-0.15, -0.1) is 11.5 Å². The molecule has 4 nitrogen and oxygen atoms in total. The molecule has 18 heavy (non-hydrogen) atoms. The van der Waals surface area contributed by atoms with Gasteiger partial charge in [0.25, 0.3) is 11.8 Å². The molecule has 90 valence electrons. The molecule has 0 aliphatic carbocycles. The molecule has 0 radical (unpaired) electrons. The van der Waals surface area contributed by atoms with Gasteiger partial charge < -0.3 is 0 Å². The van der Waals surface area contributed by atoms with Crippen molar-refractivity contribution in [2.45, 2.75) is 6.92 Å². The maximum absolute atomic E-state index is 11.9. The number of benzene rings is 1. The lowest BCUT2D eigenvalue weighted by atomic mass is 10.1. The number of terminal acetylenes is 1. The Kier molecular flexibility index (Phi) is 3.26. The predicted octanol–water partition coefficient (Wildman–Crippen LogP) is 1.79. The lowest BCUT2D eigenvalue weighted by Gasteiger charge is -2.11. The van der Waals surface area contributed by atoms with Gasteiger partial charge in [0.05, 0.1) is 17.7 Å². The average Bonchev–Trinajstić information content (AvgIpc) is 2.64. The Hall–Kier alpha value is -2.38. The smallest absolute Gasteiger partial charge is 0.266 e. The van der Waals surface area contributed by atoms with Crippen molar-refractivity contribution in [3.05, 3.63) is 47.0 Å². The third-order valence-electron chi connectivity index (χ3n) is 2.58. The summed E-state index contributed by atoms with van der Waals surface area (Å²) in [4.78, 5) is 28.9. The highest BCUT2D eigenvalue weighted by Gasteiger charge is 2.36. The Bertz CT molecular complexity index is 546. The number of fused-ring (bicyclic) bond motifs is 1. The highest BCUT2D eigenvalue weighted by atomic mass is 16.7. The normalized spacial score (nSPS) is 14.7. The van der Waals surface area contributed by atoms with E-state index in [2.05, 4.69) is 5.92 Å². The predicted molar refractivity (Wildman–Crippen MR) is 65.5 cm³/mol.